The molecular weight excluding hydrogens is 623 g/mol. The fraction of sp³-hybridized carbons (Fsp3) is 0. The lowest BCUT2D eigenvalue weighted by Gasteiger charge is -2.10. The van der Waals surface area contributed by atoms with E-state index in [1.165, 1.54) is 16.2 Å². The SMILES string of the molecule is c1ccc(-c2nc(-c3ccc(-c4cccc5oc6c(-c7ccccc7)c7ccccc7cc6c45)cc3)nc(-c3ccc4ccccc4c3)n2)cc1. The number of aromatic nitrogens is 3. The number of rotatable bonds is 5. The fourth-order valence-electron chi connectivity index (χ4n) is 7.23. The highest BCUT2D eigenvalue weighted by Gasteiger charge is 2.19. The minimum atomic E-state index is 0.629. The molecular formula is C47H29N3O. The second kappa shape index (κ2) is 11.9. The third kappa shape index (κ3) is 5.04. The maximum atomic E-state index is 6.71. The molecule has 4 nitrogen and oxygen atoms in total. The summed E-state index contributed by atoms with van der Waals surface area (Å²) in [5.74, 6) is 1.91. The number of fused-ring (bicyclic) bond motifs is 5. The fourth-order valence-corrected chi connectivity index (χ4v) is 7.23. The zero-order chi connectivity index (χ0) is 33.7. The molecule has 0 fully saturated rings. The molecule has 51 heavy (non-hydrogen) atoms. The first-order valence-corrected chi connectivity index (χ1v) is 17.1. The van der Waals surface area contributed by atoms with Crippen LogP contribution >= 0.6 is 0 Å². The molecule has 0 N–H and O–H groups in total. The van der Waals surface area contributed by atoms with E-state index in [-0.39, 0.29) is 0 Å². The Hall–Kier alpha value is -6.91. The Morgan fingerprint density at radius 1 is 0.353 bits per heavy atom. The van der Waals surface area contributed by atoms with Gasteiger partial charge in [0, 0.05) is 33.0 Å². The highest BCUT2D eigenvalue weighted by Crippen LogP contribution is 2.44. The maximum Gasteiger partial charge on any atom is 0.164 e. The van der Waals surface area contributed by atoms with Crippen LogP contribution in [0.15, 0.2) is 180 Å². The molecule has 2 aromatic heterocycles. The summed E-state index contributed by atoms with van der Waals surface area (Å²) in [6, 6.07) is 61.0. The first kappa shape index (κ1) is 29.0. The van der Waals surface area contributed by atoms with Gasteiger partial charge < -0.3 is 4.42 Å². The van der Waals surface area contributed by atoms with Crippen molar-refractivity contribution in [3.8, 4) is 56.4 Å². The monoisotopic (exact) mass is 651 g/mol. The highest BCUT2D eigenvalue weighted by molar-refractivity contribution is 6.21. The van der Waals surface area contributed by atoms with Crippen molar-refractivity contribution in [1.82, 2.24) is 15.0 Å². The Bertz CT molecular complexity index is 2900. The van der Waals surface area contributed by atoms with E-state index in [0.29, 0.717) is 17.5 Å². The Labute approximate surface area is 294 Å². The van der Waals surface area contributed by atoms with Gasteiger partial charge in [0.1, 0.15) is 11.2 Å². The van der Waals surface area contributed by atoms with E-state index in [2.05, 4.69) is 146 Å². The number of hydrogen-bond donors (Lipinski definition) is 0. The molecule has 0 saturated heterocycles. The van der Waals surface area contributed by atoms with Crippen molar-refractivity contribution in [2.75, 3.05) is 0 Å². The molecule has 0 amide bonds. The first-order valence-electron chi connectivity index (χ1n) is 17.1. The first-order chi connectivity index (χ1) is 25.3. The standard InChI is InChI=1S/C47H29N3O/c1-3-13-32(14-4-1)42-39-19-10-9-18-36(39)29-40-43-38(20-11-21-41(43)51-44(40)42)31-23-25-34(26-24-31)46-48-45(33-15-5-2-6-16-33)49-47(50-46)37-27-22-30-12-7-8-17-35(30)28-37/h1-29H. The Kier molecular flexibility index (Phi) is 6.78. The molecule has 0 unspecified atom stereocenters. The van der Waals surface area contributed by atoms with Crippen LogP contribution in [0.3, 0.4) is 0 Å². The third-order valence-corrected chi connectivity index (χ3v) is 9.70. The predicted molar refractivity (Wildman–Crippen MR) is 209 cm³/mol. The predicted octanol–water partition coefficient (Wildman–Crippen LogP) is 12.4. The maximum absolute atomic E-state index is 6.71. The van der Waals surface area contributed by atoms with Crippen LogP contribution in [0.25, 0.3) is 99.9 Å². The van der Waals surface area contributed by atoms with Gasteiger partial charge in [0.25, 0.3) is 0 Å². The van der Waals surface area contributed by atoms with Gasteiger partial charge in [-0.25, -0.2) is 15.0 Å². The molecule has 0 aliphatic rings. The zero-order valence-corrected chi connectivity index (χ0v) is 27.5. The van der Waals surface area contributed by atoms with E-state index in [1.807, 2.05) is 30.3 Å². The van der Waals surface area contributed by atoms with Crippen LogP contribution in [0.4, 0.5) is 0 Å². The normalized spacial score (nSPS) is 11.5. The van der Waals surface area contributed by atoms with Crippen molar-refractivity contribution in [3.05, 3.63) is 176 Å². The lowest BCUT2D eigenvalue weighted by Crippen LogP contribution is -2.00. The summed E-state index contributed by atoms with van der Waals surface area (Å²) in [6.45, 7) is 0. The number of nitrogens with zero attached hydrogens (tertiary/aromatic N) is 3. The van der Waals surface area contributed by atoms with E-state index in [9.17, 15) is 0 Å². The molecule has 0 atom stereocenters. The van der Waals surface area contributed by atoms with Gasteiger partial charge in [-0.15, -0.1) is 0 Å². The van der Waals surface area contributed by atoms with Crippen LogP contribution < -0.4 is 0 Å². The van der Waals surface area contributed by atoms with Gasteiger partial charge in [-0.05, 0) is 56.4 Å². The van der Waals surface area contributed by atoms with E-state index in [4.69, 9.17) is 19.4 Å². The number of hydrogen-bond acceptors (Lipinski definition) is 4. The molecule has 0 bridgehead atoms. The molecule has 0 spiro atoms. The number of benzene rings is 8. The Morgan fingerprint density at radius 3 is 1.67 bits per heavy atom. The van der Waals surface area contributed by atoms with Crippen LogP contribution in [0, 0.1) is 0 Å². The smallest absolute Gasteiger partial charge is 0.164 e. The van der Waals surface area contributed by atoms with E-state index in [1.54, 1.807) is 0 Å². The van der Waals surface area contributed by atoms with Gasteiger partial charge in [0.2, 0.25) is 0 Å². The minimum absolute atomic E-state index is 0.629. The van der Waals surface area contributed by atoms with Gasteiger partial charge in [-0.2, -0.15) is 0 Å². The summed E-state index contributed by atoms with van der Waals surface area (Å²) in [5, 5.41) is 6.90. The lowest BCUT2D eigenvalue weighted by atomic mass is 9.93. The van der Waals surface area contributed by atoms with Crippen molar-refractivity contribution >= 4 is 43.5 Å². The molecule has 10 rings (SSSR count). The van der Waals surface area contributed by atoms with Crippen molar-refractivity contribution in [2.24, 2.45) is 0 Å². The molecule has 4 heteroatoms. The molecule has 0 aliphatic carbocycles. The lowest BCUT2D eigenvalue weighted by molar-refractivity contribution is 0.670. The van der Waals surface area contributed by atoms with Crippen LogP contribution in [-0.2, 0) is 0 Å². The Morgan fingerprint density at radius 2 is 0.922 bits per heavy atom. The summed E-state index contributed by atoms with van der Waals surface area (Å²) in [5.41, 5.74) is 9.04. The molecule has 2 heterocycles. The van der Waals surface area contributed by atoms with E-state index in [0.717, 1.165) is 66.3 Å². The van der Waals surface area contributed by atoms with Gasteiger partial charge in [0.05, 0.1) is 0 Å². The van der Waals surface area contributed by atoms with Gasteiger partial charge in [-0.1, -0.05) is 158 Å². The minimum Gasteiger partial charge on any atom is -0.455 e. The van der Waals surface area contributed by atoms with E-state index >= 15 is 0 Å². The second-order valence-electron chi connectivity index (χ2n) is 12.8. The topological polar surface area (TPSA) is 51.8 Å². The molecule has 0 saturated carbocycles. The van der Waals surface area contributed by atoms with Crippen molar-refractivity contribution in [3.63, 3.8) is 0 Å². The average Bonchev–Trinajstić information content (AvgIpc) is 3.58. The van der Waals surface area contributed by atoms with Gasteiger partial charge in [0.15, 0.2) is 17.5 Å². The Balaban J connectivity index is 1.11. The molecule has 0 aliphatic heterocycles. The van der Waals surface area contributed by atoms with Crippen LogP contribution in [0.2, 0.25) is 0 Å². The van der Waals surface area contributed by atoms with E-state index < -0.39 is 0 Å². The average molecular weight is 652 g/mol. The van der Waals surface area contributed by atoms with Crippen LogP contribution in [0.1, 0.15) is 0 Å². The summed E-state index contributed by atoms with van der Waals surface area (Å²) in [6.07, 6.45) is 0. The third-order valence-electron chi connectivity index (χ3n) is 9.70. The molecule has 8 aromatic carbocycles. The van der Waals surface area contributed by atoms with Crippen LogP contribution in [-0.4, -0.2) is 15.0 Å². The quantitative estimate of drug-likeness (QED) is 0.186. The van der Waals surface area contributed by atoms with Crippen molar-refractivity contribution < 1.29 is 4.42 Å². The summed E-state index contributed by atoms with van der Waals surface area (Å²) in [7, 11) is 0. The highest BCUT2D eigenvalue weighted by atomic mass is 16.3. The largest absolute Gasteiger partial charge is 0.455 e. The molecule has 238 valence electrons. The summed E-state index contributed by atoms with van der Waals surface area (Å²) < 4.78 is 6.71. The van der Waals surface area contributed by atoms with Gasteiger partial charge >= 0.3 is 0 Å². The van der Waals surface area contributed by atoms with Gasteiger partial charge in [-0.3, -0.25) is 0 Å². The van der Waals surface area contributed by atoms with Crippen molar-refractivity contribution in [2.45, 2.75) is 0 Å². The van der Waals surface area contributed by atoms with Crippen molar-refractivity contribution in [1.29, 1.82) is 0 Å². The summed E-state index contributed by atoms with van der Waals surface area (Å²) >= 11 is 0. The molecule has 10 aromatic rings. The second-order valence-corrected chi connectivity index (χ2v) is 12.8. The molecule has 0 radical (unpaired) electrons. The number of furan rings is 1. The zero-order valence-electron chi connectivity index (χ0n) is 27.5. The van der Waals surface area contributed by atoms with Crippen LogP contribution in [0.5, 0.6) is 0 Å². The summed E-state index contributed by atoms with van der Waals surface area (Å²) in [4.78, 5) is 14.9.